The molecule has 2 unspecified atom stereocenters. The molecule has 2 amide bonds. The molecular weight excluding hydrogens is 759 g/mol. The van der Waals surface area contributed by atoms with Crippen molar-refractivity contribution >= 4 is 53.1 Å². The number of aldehydes is 3. The number of H-pyrrole nitrogens is 1. The molecule has 2 aliphatic heterocycles. The molecule has 2 saturated heterocycles. The molecule has 2 aromatic carbocycles. The molecule has 60 heavy (non-hydrogen) atoms. The Balaban J connectivity index is 0.00000195. The van der Waals surface area contributed by atoms with Crippen molar-refractivity contribution in [3.8, 4) is 11.1 Å². The van der Waals surface area contributed by atoms with Gasteiger partial charge >= 0.3 is 0 Å². The highest BCUT2D eigenvalue weighted by Crippen LogP contribution is 2.33. The first-order valence-electron chi connectivity index (χ1n) is 20.9. The Kier molecular flexibility index (Phi) is 15.1. The zero-order valence-corrected chi connectivity index (χ0v) is 35.1. The van der Waals surface area contributed by atoms with Crippen LogP contribution < -0.4 is 15.5 Å². The van der Waals surface area contributed by atoms with Gasteiger partial charge in [0.1, 0.15) is 18.4 Å². The van der Waals surface area contributed by atoms with Crippen LogP contribution in [0.15, 0.2) is 73.2 Å². The molecule has 0 radical (unpaired) electrons. The topological polar surface area (TPSA) is 166 Å². The first kappa shape index (κ1) is 43.6. The molecule has 5 heterocycles. The van der Waals surface area contributed by atoms with E-state index >= 15 is 0 Å². The number of fused-ring (bicyclic) bond motifs is 1. The molecular formula is C46H57N9O5. The van der Waals surface area contributed by atoms with Crippen LogP contribution in [0.25, 0.3) is 22.0 Å². The smallest absolute Gasteiger partial charge is 0.256 e. The molecule has 14 nitrogen and oxygen atoms in total. The number of carbonyl (C=O) groups is 5. The van der Waals surface area contributed by atoms with Crippen LogP contribution in [-0.4, -0.2) is 114 Å². The number of likely N-dealkylation sites (N-methyl/N-ethyl adjacent to an activating group) is 1. The molecule has 2 atom stereocenters. The number of piperidine rings is 1. The van der Waals surface area contributed by atoms with Crippen molar-refractivity contribution in [1.82, 2.24) is 34.9 Å². The van der Waals surface area contributed by atoms with Crippen molar-refractivity contribution in [1.29, 1.82) is 0 Å². The lowest BCUT2D eigenvalue weighted by molar-refractivity contribution is -0.112. The van der Waals surface area contributed by atoms with E-state index in [1.807, 2.05) is 67.6 Å². The molecule has 2 fully saturated rings. The summed E-state index contributed by atoms with van der Waals surface area (Å²) >= 11 is 0. The average molecular weight is 816 g/mol. The van der Waals surface area contributed by atoms with Gasteiger partial charge in [-0.2, -0.15) is 5.10 Å². The van der Waals surface area contributed by atoms with Crippen LogP contribution in [0.5, 0.6) is 0 Å². The van der Waals surface area contributed by atoms with Gasteiger partial charge in [-0.3, -0.25) is 24.0 Å². The molecule has 316 valence electrons. The van der Waals surface area contributed by atoms with Gasteiger partial charge in [0, 0.05) is 85.5 Å². The average Bonchev–Trinajstić information content (AvgIpc) is 4.04. The summed E-state index contributed by atoms with van der Waals surface area (Å²) in [6, 6.07) is 16.5. The Hall–Kier alpha value is -5.99. The molecule has 0 spiro atoms. The maximum atomic E-state index is 13.3. The summed E-state index contributed by atoms with van der Waals surface area (Å²) in [5.74, 6) is 0.405. The molecule has 0 aliphatic carbocycles. The van der Waals surface area contributed by atoms with Crippen molar-refractivity contribution < 1.29 is 24.0 Å². The van der Waals surface area contributed by atoms with Crippen LogP contribution >= 0.6 is 0 Å². The molecule has 0 saturated carbocycles. The monoisotopic (exact) mass is 815 g/mol. The molecule has 7 rings (SSSR count). The second kappa shape index (κ2) is 20.8. The minimum atomic E-state index is -0.741. The van der Waals surface area contributed by atoms with Crippen molar-refractivity contribution in [3.05, 3.63) is 95.6 Å². The number of hydrogen-bond donors (Lipinski definition) is 3. The third-order valence-corrected chi connectivity index (χ3v) is 11.7. The second-order valence-corrected chi connectivity index (χ2v) is 15.8. The number of benzene rings is 2. The minimum absolute atomic E-state index is 0.170. The molecule has 0 bridgehead atoms. The maximum absolute atomic E-state index is 13.3. The predicted molar refractivity (Wildman–Crippen MR) is 235 cm³/mol. The van der Waals surface area contributed by atoms with Crippen molar-refractivity contribution in [2.24, 2.45) is 5.92 Å². The molecule has 14 heteroatoms. The predicted octanol–water partition coefficient (Wildman–Crippen LogP) is 6.41. The number of nitrogens with zero attached hydrogens (tertiary/aromatic N) is 6. The first-order valence-corrected chi connectivity index (χ1v) is 20.9. The van der Waals surface area contributed by atoms with Crippen molar-refractivity contribution in [2.75, 3.05) is 58.0 Å². The number of nitrogens with one attached hydrogen (secondary N) is 3. The fourth-order valence-corrected chi connectivity index (χ4v) is 8.31. The number of aryl methyl sites for hydroxylation is 1. The summed E-state index contributed by atoms with van der Waals surface area (Å²) in [7, 11) is 7.43. The van der Waals surface area contributed by atoms with Crippen molar-refractivity contribution in [3.63, 3.8) is 0 Å². The van der Waals surface area contributed by atoms with E-state index in [0.717, 1.165) is 98.6 Å². The van der Waals surface area contributed by atoms with E-state index in [0.29, 0.717) is 35.2 Å². The molecule has 3 aromatic heterocycles. The SMILES string of the molecule is CN1CCCC1c1cc2cnc(NC(=O)c3ccc(-c4cnn(CCCC5CCN(c6cccc(C(=O)N(C)C(C=O)CCC=O)c6C=O)CC5)c4)cc3)cc2[nH]1.CNC. The number of aromatic nitrogens is 4. The molecule has 5 aromatic rings. The first-order chi connectivity index (χ1) is 29.2. The van der Waals surface area contributed by atoms with Gasteiger partial charge in [0.05, 0.1) is 28.9 Å². The minimum Gasteiger partial charge on any atom is -0.371 e. The van der Waals surface area contributed by atoms with E-state index in [-0.39, 0.29) is 24.3 Å². The summed E-state index contributed by atoms with van der Waals surface area (Å²) < 4.78 is 1.97. The third kappa shape index (κ3) is 10.4. The van der Waals surface area contributed by atoms with Gasteiger partial charge in [-0.05, 0) is 114 Å². The largest absolute Gasteiger partial charge is 0.371 e. The van der Waals surface area contributed by atoms with E-state index in [1.54, 1.807) is 18.3 Å². The Bertz CT molecular complexity index is 2240. The van der Waals surface area contributed by atoms with Crippen LogP contribution in [0.2, 0.25) is 0 Å². The van der Waals surface area contributed by atoms with Crippen LogP contribution in [0.4, 0.5) is 11.5 Å². The van der Waals surface area contributed by atoms with E-state index in [9.17, 15) is 24.0 Å². The summed E-state index contributed by atoms with van der Waals surface area (Å²) in [4.78, 5) is 75.0. The van der Waals surface area contributed by atoms with E-state index in [1.165, 1.54) is 24.1 Å². The van der Waals surface area contributed by atoms with Gasteiger partial charge in [-0.15, -0.1) is 0 Å². The zero-order chi connectivity index (χ0) is 42.6. The lowest BCUT2D eigenvalue weighted by atomic mass is 9.91. The number of amides is 2. The number of likely N-dealkylation sites (tertiary alicyclic amines) is 1. The van der Waals surface area contributed by atoms with E-state index in [4.69, 9.17) is 0 Å². The Morgan fingerprint density at radius 2 is 1.75 bits per heavy atom. The second-order valence-electron chi connectivity index (χ2n) is 15.8. The Morgan fingerprint density at radius 3 is 2.43 bits per heavy atom. The van der Waals surface area contributed by atoms with Gasteiger partial charge in [0.2, 0.25) is 0 Å². The number of pyridine rings is 1. The zero-order valence-electron chi connectivity index (χ0n) is 35.1. The van der Waals surface area contributed by atoms with Crippen LogP contribution in [0.3, 0.4) is 0 Å². The maximum Gasteiger partial charge on any atom is 0.256 e. The van der Waals surface area contributed by atoms with E-state index < -0.39 is 11.9 Å². The quantitative estimate of drug-likeness (QED) is 0.0949. The van der Waals surface area contributed by atoms with Gasteiger partial charge in [0.25, 0.3) is 11.8 Å². The summed E-state index contributed by atoms with van der Waals surface area (Å²) in [5, 5.41) is 11.3. The highest BCUT2D eigenvalue weighted by Gasteiger charge is 2.27. The fourth-order valence-electron chi connectivity index (χ4n) is 8.31. The number of anilines is 2. The highest BCUT2D eigenvalue weighted by atomic mass is 16.2. The Morgan fingerprint density at radius 1 is 0.983 bits per heavy atom. The Labute approximate surface area is 351 Å². The third-order valence-electron chi connectivity index (χ3n) is 11.7. The number of hydrogen-bond acceptors (Lipinski definition) is 10. The molecule has 2 aliphatic rings. The van der Waals surface area contributed by atoms with Gasteiger partial charge in [0.15, 0.2) is 6.29 Å². The normalized spacial score (nSPS) is 16.2. The van der Waals surface area contributed by atoms with Crippen LogP contribution in [0.1, 0.15) is 94.2 Å². The summed E-state index contributed by atoms with van der Waals surface area (Å²) in [6.45, 7) is 3.43. The van der Waals surface area contributed by atoms with Crippen LogP contribution in [-0.2, 0) is 16.1 Å². The van der Waals surface area contributed by atoms with E-state index in [2.05, 4.69) is 48.6 Å². The number of aromatic amines is 1. The molecule has 3 N–H and O–H groups in total. The summed E-state index contributed by atoms with van der Waals surface area (Å²) in [6.07, 6.45) is 14.5. The highest BCUT2D eigenvalue weighted by molar-refractivity contribution is 6.05. The van der Waals surface area contributed by atoms with Gasteiger partial charge < -0.3 is 35.0 Å². The van der Waals surface area contributed by atoms with Crippen LogP contribution in [0, 0.1) is 5.92 Å². The van der Waals surface area contributed by atoms with Crippen molar-refractivity contribution in [2.45, 2.75) is 70.0 Å². The standard InChI is InChI=1S/C44H50N8O5.C2H7N/c1-49-18-5-11-41(49)39-23-33-25-45-42(24-38(33)47-39)48-43(56)32-14-12-31(13-15-32)34-26-46-52(27-34)19-4-7-30-16-20-51(21-17-30)40-10-3-9-36(37(40)29-55)44(57)50(2)35(28-54)8-6-22-53;1-3-2/h3,9-10,12-15,22-30,35,41,47H,4-8,11,16-21H2,1-2H3,(H,45,48,56);3H,1-2H3. The van der Waals surface area contributed by atoms with Gasteiger partial charge in [-0.25, -0.2) is 4.98 Å². The number of rotatable bonds is 16. The lowest BCUT2D eigenvalue weighted by Gasteiger charge is -2.35. The fraction of sp³-hybridized carbons (Fsp3) is 0.413. The summed E-state index contributed by atoms with van der Waals surface area (Å²) in [5.41, 5.74) is 5.96. The lowest BCUT2D eigenvalue weighted by Crippen LogP contribution is -2.39. The number of carbonyl (C=O) groups excluding carboxylic acids is 5. The van der Waals surface area contributed by atoms with Gasteiger partial charge in [-0.1, -0.05) is 18.2 Å².